The van der Waals surface area contributed by atoms with E-state index in [1.807, 2.05) is 18.2 Å². The SMILES string of the molecule is CC1=C(c2ccc(NC(=O)c3c(F)cccc3F)cc2)CN(Cc2ccccc2)CC1. The molecule has 0 unspecified atom stereocenters. The Morgan fingerprint density at radius 3 is 2.29 bits per heavy atom. The maximum absolute atomic E-state index is 13.8. The summed E-state index contributed by atoms with van der Waals surface area (Å²) in [5, 5.41) is 2.58. The number of halogens is 2. The first-order valence-electron chi connectivity index (χ1n) is 10.3. The van der Waals surface area contributed by atoms with Crippen molar-refractivity contribution in [3.63, 3.8) is 0 Å². The number of nitrogens with one attached hydrogen (secondary N) is 1. The van der Waals surface area contributed by atoms with Crippen LogP contribution in [0, 0.1) is 11.6 Å². The Morgan fingerprint density at radius 1 is 0.935 bits per heavy atom. The average molecular weight is 418 g/mol. The number of hydrogen-bond acceptors (Lipinski definition) is 2. The summed E-state index contributed by atoms with van der Waals surface area (Å²) >= 11 is 0. The second-order valence-corrected chi connectivity index (χ2v) is 7.83. The summed E-state index contributed by atoms with van der Waals surface area (Å²) in [4.78, 5) is 14.7. The van der Waals surface area contributed by atoms with Crippen LogP contribution in [0.25, 0.3) is 5.57 Å². The minimum atomic E-state index is -0.879. The molecule has 1 aliphatic rings. The van der Waals surface area contributed by atoms with E-state index in [1.54, 1.807) is 12.1 Å². The molecule has 3 aromatic rings. The van der Waals surface area contributed by atoms with Crippen LogP contribution >= 0.6 is 0 Å². The third-order valence-electron chi connectivity index (χ3n) is 5.63. The number of benzene rings is 3. The predicted octanol–water partition coefficient (Wildman–Crippen LogP) is 5.90. The Kier molecular flexibility index (Phi) is 6.23. The molecule has 0 spiro atoms. The quantitative estimate of drug-likeness (QED) is 0.560. The molecule has 0 radical (unpaired) electrons. The largest absolute Gasteiger partial charge is 0.322 e. The molecule has 31 heavy (non-hydrogen) atoms. The molecular formula is C26H24F2N2O. The average Bonchev–Trinajstić information content (AvgIpc) is 2.76. The van der Waals surface area contributed by atoms with Crippen LogP contribution in [-0.4, -0.2) is 23.9 Å². The van der Waals surface area contributed by atoms with Gasteiger partial charge < -0.3 is 5.32 Å². The summed E-state index contributed by atoms with van der Waals surface area (Å²) in [5.41, 5.74) is 4.93. The van der Waals surface area contributed by atoms with Crippen LogP contribution in [0.15, 0.2) is 78.4 Å². The highest BCUT2D eigenvalue weighted by atomic mass is 19.1. The van der Waals surface area contributed by atoms with E-state index in [0.29, 0.717) is 5.69 Å². The van der Waals surface area contributed by atoms with Gasteiger partial charge in [0.25, 0.3) is 5.91 Å². The number of anilines is 1. The Balaban J connectivity index is 1.46. The lowest BCUT2D eigenvalue weighted by Crippen LogP contribution is -2.30. The molecule has 3 nitrogen and oxygen atoms in total. The minimum absolute atomic E-state index is 0.492. The molecule has 0 aliphatic carbocycles. The Hall–Kier alpha value is -3.31. The predicted molar refractivity (Wildman–Crippen MR) is 120 cm³/mol. The third-order valence-corrected chi connectivity index (χ3v) is 5.63. The molecule has 1 heterocycles. The van der Waals surface area contributed by atoms with Crippen molar-refractivity contribution in [2.45, 2.75) is 19.9 Å². The Labute approximate surface area is 181 Å². The number of nitrogens with zero attached hydrogens (tertiary/aromatic N) is 1. The fourth-order valence-electron chi connectivity index (χ4n) is 3.89. The summed E-state index contributed by atoms with van der Waals surface area (Å²) in [6.45, 7) is 4.94. The van der Waals surface area contributed by atoms with Gasteiger partial charge in [0.2, 0.25) is 0 Å². The van der Waals surface area contributed by atoms with E-state index < -0.39 is 23.1 Å². The Bertz CT molecular complexity index is 1090. The maximum Gasteiger partial charge on any atom is 0.261 e. The van der Waals surface area contributed by atoms with Gasteiger partial charge in [0, 0.05) is 25.3 Å². The fraction of sp³-hybridized carbons (Fsp3) is 0.192. The fourth-order valence-corrected chi connectivity index (χ4v) is 3.89. The lowest BCUT2D eigenvalue weighted by molar-refractivity contribution is 0.101. The lowest BCUT2D eigenvalue weighted by atomic mass is 9.94. The summed E-state index contributed by atoms with van der Waals surface area (Å²) in [6, 6.07) is 21.2. The maximum atomic E-state index is 13.8. The molecule has 1 N–H and O–H groups in total. The van der Waals surface area contributed by atoms with Gasteiger partial charge in [0.1, 0.15) is 17.2 Å². The normalized spacial score (nSPS) is 14.5. The van der Waals surface area contributed by atoms with Gasteiger partial charge in [-0.05, 0) is 54.3 Å². The standard InChI is InChI=1S/C26H24F2N2O/c1-18-14-15-30(16-19-6-3-2-4-7-19)17-22(18)20-10-12-21(13-11-20)29-26(31)25-23(27)8-5-9-24(25)28/h2-13H,14-17H2,1H3,(H,29,31). The number of carbonyl (C=O) groups excluding carboxylic acids is 1. The zero-order chi connectivity index (χ0) is 21.8. The van der Waals surface area contributed by atoms with Crippen molar-refractivity contribution >= 4 is 17.2 Å². The van der Waals surface area contributed by atoms with Crippen molar-refractivity contribution in [1.29, 1.82) is 0 Å². The van der Waals surface area contributed by atoms with Crippen molar-refractivity contribution < 1.29 is 13.6 Å². The van der Waals surface area contributed by atoms with Crippen molar-refractivity contribution in [2.24, 2.45) is 0 Å². The van der Waals surface area contributed by atoms with Crippen molar-refractivity contribution in [1.82, 2.24) is 4.90 Å². The highest BCUT2D eigenvalue weighted by Gasteiger charge is 2.19. The second kappa shape index (κ2) is 9.23. The molecule has 1 aliphatic heterocycles. The van der Waals surface area contributed by atoms with Crippen LogP contribution in [0.1, 0.15) is 34.8 Å². The molecular weight excluding hydrogens is 394 g/mol. The van der Waals surface area contributed by atoms with Gasteiger partial charge >= 0.3 is 0 Å². The molecule has 158 valence electrons. The molecule has 0 saturated heterocycles. The van der Waals surface area contributed by atoms with E-state index in [-0.39, 0.29) is 0 Å². The minimum Gasteiger partial charge on any atom is -0.322 e. The smallest absolute Gasteiger partial charge is 0.261 e. The molecule has 3 aromatic carbocycles. The molecule has 0 aromatic heterocycles. The summed E-state index contributed by atoms with van der Waals surface area (Å²) in [5.74, 6) is -2.56. The van der Waals surface area contributed by atoms with Crippen LogP contribution in [0.4, 0.5) is 14.5 Å². The van der Waals surface area contributed by atoms with E-state index in [2.05, 4.69) is 41.4 Å². The molecule has 0 saturated carbocycles. The van der Waals surface area contributed by atoms with E-state index >= 15 is 0 Å². The van der Waals surface area contributed by atoms with Gasteiger partial charge in [0.15, 0.2) is 0 Å². The zero-order valence-corrected chi connectivity index (χ0v) is 17.4. The first-order chi connectivity index (χ1) is 15.0. The summed E-state index contributed by atoms with van der Waals surface area (Å²) in [7, 11) is 0. The zero-order valence-electron chi connectivity index (χ0n) is 17.4. The molecule has 4 rings (SSSR count). The van der Waals surface area contributed by atoms with Crippen molar-refractivity contribution in [2.75, 3.05) is 18.4 Å². The summed E-state index contributed by atoms with van der Waals surface area (Å²) in [6.07, 6.45) is 1.01. The number of carbonyl (C=O) groups is 1. The first kappa shape index (κ1) is 20.9. The summed E-state index contributed by atoms with van der Waals surface area (Å²) < 4.78 is 27.7. The molecule has 0 bridgehead atoms. The first-order valence-corrected chi connectivity index (χ1v) is 10.3. The number of amides is 1. The van der Waals surface area contributed by atoms with Crippen LogP contribution in [0.2, 0.25) is 0 Å². The highest BCUT2D eigenvalue weighted by molar-refractivity contribution is 6.04. The molecule has 1 amide bonds. The van der Waals surface area contributed by atoms with Gasteiger partial charge in [-0.15, -0.1) is 0 Å². The van der Waals surface area contributed by atoms with Crippen molar-refractivity contribution in [3.05, 3.63) is 107 Å². The highest BCUT2D eigenvalue weighted by Crippen LogP contribution is 2.28. The van der Waals surface area contributed by atoms with Gasteiger partial charge in [-0.3, -0.25) is 9.69 Å². The molecule has 0 fully saturated rings. The topological polar surface area (TPSA) is 32.3 Å². The monoisotopic (exact) mass is 418 g/mol. The third kappa shape index (κ3) is 4.89. The molecule has 0 atom stereocenters. The Morgan fingerprint density at radius 2 is 1.61 bits per heavy atom. The van der Waals surface area contributed by atoms with Crippen LogP contribution in [0.5, 0.6) is 0 Å². The molecule has 5 heteroatoms. The van der Waals surface area contributed by atoms with Gasteiger partial charge in [-0.25, -0.2) is 8.78 Å². The number of hydrogen-bond donors (Lipinski definition) is 1. The van der Waals surface area contributed by atoms with Gasteiger partial charge in [-0.1, -0.05) is 54.1 Å². The van der Waals surface area contributed by atoms with Crippen LogP contribution < -0.4 is 5.32 Å². The van der Waals surface area contributed by atoms with Gasteiger partial charge in [0.05, 0.1) is 0 Å². The van der Waals surface area contributed by atoms with Crippen LogP contribution in [-0.2, 0) is 6.54 Å². The van der Waals surface area contributed by atoms with Crippen LogP contribution in [0.3, 0.4) is 0 Å². The van der Waals surface area contributed by atoms with Crippen molar-refractivity contribution in [3.8, 4) is 0 Å². The van der Waals surface area contributed by atoms with Gasteiger partial charge in [-0.2, -0.15) is 0 Å². The van der Waals surface area contributed by atoms with E-state index in [1.165, 1.54) is 22.8 Å². The van der Waals surface area contributed by atoms with E-state index in [4.69, 9.17) is 0 Å². The van der Waals surface area contributed by atoms with E-state index in [9.17, 15) is 13.6 Å². The lowest BCUT2D eigenvalue weighted by Gasteiger charge is -2.30. The second-order valence-electron chi connectivity index (χ2n) is 7.83. The number of rotatable bonds is 5. The van der Waals surface area contributed by atoms with E-state index in [0.717, 1.165) is 43.8 Å².